The van der Waals surface area contributed by atoms with Gasteiger partial charge < -0.3 is 8.83 Å². The van der Waals surface area contributed by atoms with Crippen molar-refractivity contribution in [3.05, 3.63) is 388 Å². The van der Waals surface area contributed by atoms with Crippen LogP contribution >= 0.6 is 0 Å². The second kappa shape index (κ2) is 27.1. The molecular formula is C103H64N6O2. The zero-order chi connectivity index (χ0) is 73.3. The summed E-state index contributed by atoms with van der Waals surface area (Å²) in [5.41, 5.74) is 26.9. The van der Waals surface area contributed by atoms with Crippen LogP contribution in [0.25, 0.3) is 216 Å². The fourth-order valence-electron chi connectivity index (χ4n) is 16.5. The SMILES string of the molecule is c1ccc(-c2nc(-c3ccccc3)c(-c3cccc(-c4c5c(cc6c(-c7ccccc7)nc7ccccc7c46)oc4ccccc45)c3)c(-c3ccccc3)n2)cc1.c1ccc(-c2nc3ccccc3c3c(-c4cccc(-c5cccc(-n6c(-c7ccccc7)nc7ccccc76)c5)c4)c4c(cc23)oc2ccccc24)cc1. The molecular weight excluding hydrogens is 1350 g/mol. The van der Waals surface area contributed by atoms with Crippen molar-refractivity contribution >= 4 is 98.3 Å². The summed E-state index contributed by atoms with van der Waals surface area (Å²) in [6.07, 6.45) is 0. The molecule has 0 N–H and O–H groups in total. The van der Waals surface area contributed by atoms with Crippen molar-refractivity contribution in [2.75, 3.05) is 0 Å². The Kier molecular flexibility index (Phi) is 15.7. The van der Waals surface area contributed by atoms with Crippen LogP contribution in [0.1, 0.15) is 0 Å². The molecule has 6 heterocycles. The Hall–Kier alpha value is -15.0. The van der Waals surface area contributed by atoms with E-state index in [0.717, 1.165) is 205 Å². The molecule has 0 saturated carbocycles. The van der Waals surface area contributed by atoms with Crippen molar-refractivity contribution in [3.63, 3.8) is 0 Å². The van der Waals surface area contributed by atoms with Crippen LogP contribution in [0.3, 0.4) is 0 Å². The lowest BCUT2D eigenvalue weighted by Gasteiger charge is -2.19. The van der Waals surface area contributed by atoms with E-state index in [-0.39, 0.29) is 0 Å². The third-order valence-electron chi connectivity index (χ3n) is 21.4. The van der Waals surface area contributed by atoms with E-state index in [1.807, 2.05) is 66.7 Å². The standard InChI is InChI=1S/C53H33N3O.C50H31N3O/c1-5-18-34(19-6-1)50-42-33-45-49(41-29-14-16-31-44(41)57-45)46(48(42)40-28-13-15-30-43(40)54-50)38-26-17-27-39(32-38)47-51(35-20-7-2-8-21-35)55-53(37-24-11-4-12-25-37)56-52(47)36-22-9-3-10-23-36;1-3-15-32(16-4-1)49-40-31-45-48(39-24-8-12-28-44(39)54-45)46(47(40)38-23-7-9-25-41(38)51-49)36-21-13-19-34(29-36)35-20-14-22-37(30-35)53-43-27-11-10-26-42(43)52-50(53)33-17-5-2-6-18-33/h1-33H;1-31H. The van der Waals surface area contributed by atoms with Crippen molar-refractivity contribution in [1.82, 2.24) is 29.5 Å². The second-order valence-corrected chi connectivity index (χ2v) is 28.0. The number of hydrogen-bond donors (Lipinski definition) is 0. The maximum absolute atomic E-state index is 6.70. The van der Waals surface area contributed by atoms with Gasteiger partial charge in [0.2, 0.25) is 0 Å². The number of para-hydroxylation sites is 6. The summed E-state index contributed by atoms with van der Waals surface area (Å²) in [6.45, 7) is 0. The van der Waals surface area contributed by atoms with Crippen LogP contribution in [0, 0.1) is 0 Å². The van der Waals surface area contributed by atoms with Gasteiger partial charge in [0, 0.05) is 110 Å². The van der Waals surface area contributed by atoms with E-state index in [0.29, 0.717) is 5.82 Å². The first-order valence-corrected chi connectivity index (χ1v) is 37.4. The first-order valence-electron chi connectivity index (χ1n) is 37.4. The summed E-state index contributed by atoms with van der Waals surface area (Å²) in [4.78, 5) is 26.4. The molecule has 8 nitrogen and oxygen atoms in total. The van der Waals surface area contributed by atoms with Crippen LogP contribution in [0.15, 0.2) is 397 Å². The molecule has 0 spiro atoms. The van der Waals surface area contributed by atoms with Gasteiger partial charge in [0.1, 0.15) is 28.2 Å². The molecule has 0 aliphatic heterocycles. The van der Waals surface area contributed by atoms with Crippen LogP contribution < -0.4 is 0 Å². The van der Waals surface area contributed by atoms with E-state index in [1.54, 1.807) is 0 Å². The Morgan fingerprint density at radius 1 is 0.198 bits per heavy atom. The lowest BCUT2D eigenvalue weighted by molar-refractivity contribution is 0.669. The van der Waals surface area contributed by atoms with Crippen molar-refractivity contribution in [1.29, 1.82) is 0 Å². The van der Waals surface area contributed by atoms with Gasteiger partial charge in [-0.25, -0.2) is 24.9 Å². The number of benzene rings is 16. The molecule has 16 aromatic carbocycles. The number of pyridine rings is 2. The van der Waals surface area contributed by atoms with Gasteiger partial charge in [-0.15, -0.1) is 0 Å². The molecule has 518 valence electrons. The van der Waals surface area contributed by atoms with Gasteiger partial charge in [-0.1, -0.05) is 315 Å². The van der Waals surface area contributed by atoms with E-state index in [2.05, 4.69) is 326 Å². The highest BCUT2D eigenvalue weighted by Gasteiger charge is 2.27. The van der Waals surface area contributed by atoms with Crippen molar-refractivity contribution in [2.45, 2.75) is 0 Å². The number of imidazole rings is 1. The van der Waals surface area contributed by atoms with Gasteiger partial charge in [0.25, 0.3) is 0 Å². The molecule has 22 aromatic rings. The Labute approximate surface area is 638 Å². The predicted octanol–water partition coefficient (Wildman–Crippen LogP) is 27.4. The number of furan rings is 2. The zero-order valence-electron chi connectivity index (χ0n) is 60.0. The van der Waals surface area contributed by atoms with Crippen LogP contribution in [0.4, 0.5) is 0 Å². The van der Waals surface area contributed by atoms with Gasteiger partial charge in [-0.05, 0) is 101 Å². The molecule has 111 heavy (non-hydrogen) atoms. The highest BCUT2D eigenvalue weighted by molar-refractivity contribution is 6.30. The molecule has 22 rings (SSSR count). The highest BCUT2D eigenvalue weighted by atomic mass is 16.3. The molecule has 0 aliphatic rings. The maximum atomic E-state index is 6.70. The third-order valence-corrected chi connectivity index (χ3v) is 21.4. The third kappa shape index (κ3) is 11.3. The molecule has 0 unspecified atom stereocenters. The van der Waals surface area contributed by atoms with Gasteiger partial charge in [0.05, 0.1) is 44.8 Å². The highest BCUT2D eigenvalue weighted by Crippen LogP contribution is 2.51. The number of nitrogens with zero attached hydrogens (tertiary/aromatic N) is 6. The Bertz CT molecular complexity index is 7300. The molecule has 0 fully saturated rings. The topological polar surface area (TPSA) is 95.7 Å². The molecule has 0 radical (unpaired) electrons. The molecule has 0 atom stereocenters. The van der Waals surface area contributed by atoms with Crippen molar-refractivity contribution in [2.24, 2.45) is 0 Å². The largest absolute Gasteiger partial charge is 0.456 e. The number of rotatable bonds is 11. The lowest BCUT2D eigenvalue weighted by Crippen LogP contribution is -2.01. The molecule has 0 aliphatic carbocycles. The number of hydrogen-bond acceptors (Lipinski definition) is 7. The smallest absolute Gasteiger partial charge is 0.160 e. The molecule has 0 bridgehead atoms. The van der Waals surface area contributed by atoms with E-state index in [1.165, 1.54) is 5.39 Å². The zero-order valence-corrected chi connectivity index (χ0v) is 60.0. The minimum atomic E-state index is 0.682. The predicted molar refractivity (Wildman–Crippen MR) is 458 cm³/mol. The Balaban J connectivity index is 0.000000141. The molecule has 8 heteroatoms. The maximum Gasteiger partial charge on any atom is 0.160 e. The van der Waals surface area contributed by atoms with Crippen molar-refractivity contribution in [3.8, 4) is 118 Å². The summed E-state index contributed by atoms with van der Waals surface area (Å²) < 4.78 is 15.6. The fraction of sp³-hybridized carbons (Fsp3) is 0. The van der Waals surface area contributed by atoms with E-state index >= 15 is 0 Å². The van der Waals surface area contributed by atoms with Crippen LogP contribution in [-0.2, 0) is 0 Å². The summed E-state index contributed by atoms with van der Waals surface area (Å²) in [6, 6.07) is 136. The Morgan fingerprint density at radius 3 is 1.04 bits per heavy atom. The molecule has 6 aromatic heterocycles. The first-order chi connectivity index (χ1) is 55.1. The quantitative estimate of drug-likeness (QED) is 0.119. The van der Waals surface area contributed by atoms with E-state index in [4.69, 9.17) is 33.8 Å². The van der Waals surface area contributed by atoms with Crippen LogP contribution in [-0.4, -0.2) is 29.5 Å². The monoisotopic (exact) mass is 1420 g/mol. The average molecular weight is 1420 g/mol. The summed E-state index contributed by atoms with van der Waals surface area (Å²) in [7, 11) is 0. The summed E-state index contributed by atoms with van der Waals surface area (Å²) in [5, 5.41) is 11.0. The van der Waals surface area contributed by atoms with Gasteiger partial charge >= 0.3 is 0 Å². The Morgan fingerprint density at radius 2 is 0.550 bits per heavy atom. The number of fused-ring (bicyclic) bond motifs is 13. The van der Waals surface area contributed by atoms with Crippen molar-refractivity contribution < 1.29 is 8.83 Å². The fourth-order valence-corrected chi connectivity index (χ4v) is 16.5. The van der Waals surface area contributed by atoms with E-state index < -0.39 is 0 Å². The minimum absolute atomic E-state index is 0.682. The summed E-state index contributed by atoms with van der Waals surface area (Å²) in [5.74, 6) is 1.60. The van der Waals surface area contributed by atoms with Gasteiger partial charge in [-0.3, -0.25) is 4.57 Å². The molecule has 0 saturated heterocycles. The lowest BCUT2D eigenvalue weighted by atomic mass is 9.87. The second-order valence-electron chi connectivity index (χ2n) is 28.0. The van der Waals surface area contributed by atoms with Gasteiger partial charge in [-0.2, -0.15) is 0 Å². The van der Waals surface area contributed by atoms with Crippen LogP contribution in [0.5, 0.6) is 0 Å². The average Bonchev–Trinajstić information content (AvgIpc) is 1.62. The normalized spacial score (nSPS) is 11.6. The van der Waals surface area contributed by atoms with Crippen LogP contribution in [0.2, 0.25) is 0 Å². The molecule has 0 amide bonds. The first kappa shape index (κ1) is 64.4. The minimum Gasteiger partial charge on any atom is -0.456 e. The number of aromatic nitrogens is 6. The van der Waals surface area contributed by atoms with E-state index in [9.17, 15) is 0 Å². The summed E-state index contributed by atoms with van der Waals surface area (Å²) >= 11 is 0. The van der Waals surface area contributed by atoms with Gasteiger partial charge in [0.15, 0.2) is 5.82 Å².